The molecule has 4 rings (SSSR count). The summed E-state index contributed by atoms with van der Waals surface area (Å²) in [6.45, 7) is 8.28. The van der Waals surface area contributed by atoms with Gasteiger partial charge >= 0.3 is 0 Å². The van der Waals surface area contributed by atoms with E-state index in [2.05, 4.69) is 12.1 Å². The van der Waals surface area contributed by atoms with Crippen molar-refractivity contribution in [1.29, 1.82) is 0 Å². The van der Waals surface area contributed by atoms with Crippen LogP contribution in [-0.4, -0.2) is 33.6 Å². The number of carbonyl (C=O) groups excluding carboxylic acids is 1. The monoisotopic (exact) mass is 413 g/mol. The predicted molar refractivity (Wildman–Crippen MR) is 113 cm³/mol. The molecule has 7 nitrogen and oxygen atoms in total. The molecule has 4 heterocycles. The second-order valence-corrected chi connectivity index (χ2v) is 8.72. The molecular formula is C23H31N3O4. The Morgan fingerprint density at radius 2 is 2.07 bits per heavy atom. The zero-order chi connectivity index (χ0) is 21.3. The van der Waals surface area contributed by atoms with Gasteiger partial charge in [-0.1, -0.05) is 18.5 Å². The fraction of sp³-hybridized carbons (Fsp3) is 0.609. The van der Waals surface area contributed by atoms with Crippen molar-refractivity contribution in [2.75, 3.05) is 13.1 Å². The smallest absolute Gasteiger partial charge is 0.259 e. The summed E-state index contributed by atoms with van der Waals surface area (Å²) in [6.07, 6.45) is 5.87. The Bertz CT molecular complexity index is 972. The van der Waals surface area contributed by atoms with Gasteiger partial charge in [-0.05, 0) is 51.9 Å². The normalized spacial score (nSPS) is 19.3. The summed E-state index contributed by atoms with van der Waals surface area (Å²) >= 11 is 0. The van der Waals surface area contributed by atoms with E-state index in [0.717, 1.165) is 68.6 Å². The van der Waals surface area contributed by atoms with E-state index in [1.807, 2.05) is 18.7 Å². The molecule has 0 N–H and O–H groups in total. The number of pyridine rings is 1. The Morgan fingerprint density at radius 3 is 2.80 bits per heavy atom. The highest BCUT2D eigenvalue weighted by Crippen LogP contribution is 2.29. The number of rotatable bonds is 4. The van der Waals surface area contributed by atoms with Crippen LogP contribution in [0.3, 0.4) is 0 Å². The highest BCUT2D eigenvalue weighted by atomic mass is 16.5. The Labute approximate surface area is 177 Å². The third kappa shape index (κ3) is 4.02. The number of amides is 1. The quantitative estimate of drug-likeness (QED) is 0.765. The van der Waals surface area contributed by atoms with Gasteiger partial charge in [0.05, 0.1) is 11.3 Å². The molecule has 2 aliphatic rings. The van der Waals surface area contributed by atoms with Gasteiger partial charge in [-0.15, -0.1) is 0 Å². The van der Waals surface area contributed by atoms with E-state index in [1.165, 1.54) is 6.07 Å². The van der Waals surface area contributed by atoms with Gasteiger partial charge in [-0.3, -0.25) is 9.59 Å². The predicted octanol–water partition coefficient (Wildman–Crippen LogP) is 3.63. The molecule has 0 spiro atoms. The summed E-state index contributed by atoms with van der Waals surface area (Å²) in [7, 11) is 0. The van der Waals surface area contributed by atoms with Crippen LogP contribution < -0.4 is 10.3 Å². The van der Waals surface area contributed by atoms with Crippen molar-refractivity contribution in [2.24, 2.45) is 5.92 Å². The van der Waals surface area contributed by atoms with Crippen LogP contribution in [0.5, 0.6) is 5.75 Å². The van der Waals surface area contributed by atoms with Crippen LogP contribution in [-0.2, 0) is 19.6 Å². The van der Waals surface area contributed by atoms with Crippen molar-refractivity contribution in [3.05, 3.63) is 44.7 Å². The molecule has 1 amide bonds. The molecule has 1 unspecified atom stereocenters. The van der Waals surface area contributed by atoms with Crippen LogP contribution in [0.4, 0.5) is 0 Å². The SMILES string of the molecule is Cc1noc(C)c1COc1cc(=O)n2c(c1C(=O)N1CCCC(C)C1)CCCCC2. The van der Waals surface area contributed by atoms with Crippen LogP contribution in [0.15, 0.2) is 15.4 Å². The zero-order valence-electron chi connectivity index (χ0n) is 18.2. The second kappa shape index (κ2) is 8.66. The number of hydrogen-bond acceptors (Lipinski definition) is 5. The van der Waals surface area contributed by atoms with Crippen molar-refractivity contribution in [2.45, 2.75) is 72.4 Å². The molecule has 0 aromatic carbocycles. The van der Waals surface area contributed by atoms with E-state index in [1.54, 1.807) is 4.57 Å². The van der Waals surface area contributed by atoms with Gasteiger partial charge < -0.3 is 18.7 Å². The Hall–Kier alpha value is -2.57. The molecule has 1 atom stereocenters. The maximum atomic E-state index is 13.7. The maximum absolute atomic E-state index is 13.7. The topological polar surface area (TPSA) is 77.6 Å². The molecule has 162 valence electrons. The largest absolute Gasteiger partial charge is 0.488 e. The zero-order valence-corrected chi connectivity index (χ0v) is 18.2. The van der Waals surface area contributed by atoms with Crippen molar-refractivity contribution in [3.63, 3.8) is 0 Å². The number of likely N-dealkylation sites (tertiary alicyclic amines) is 1. The van der Waals surface area contributed by atoms with E-state index < -0.39 is 0 Å². The lowest BCUT2D eigenvalue weighted by Crippen LogP contribution is -2.40. The van der Waals surface area contributed by atoms with Gasteiger partial charge in [0, 0.05) is 31.4 Å². The first-order valence-corrected chi connectivity index (χ1v) is 11.1. The summed E-state index contributed by atoms with van der Waals surface area (Å²) in [5.41, 5.74) is 2.92. The number of piperidine rings is 1. The molecule has 30 heavy (non-hydrogen) atoms. The van der Waals surface area contributed by atoms with E-state index in [9.17, 15) is 9.59 Å². The van der Waals surface area contributed by atoms with E-state index >= 15 is 0 Å². The number of hydrogen-bond donors (Lipinski definition) is 0. The van der Waals surface area contributed by atoms with Crippen molar-refractivity contribution in [1.82, 2.24) is 14.6 Å². The Balaban J connectivity index is 1.74. The number of carbonyl (C=O) groups is 1. The third-order valence-electron chi connectivity index (χ3n) is 6.39. The molecular weight excluding hydrogens is 382 g/mol. The Kier molecular flexibility index (Phi) is 5.97. The fourth-order valence-corrected chi connectivity index (χ4v) is 4.65. The van der Waals surface area contributed by atoms with Gasteiger partial charge in [-0.25, -0.2) is 0 Å². The summed E-state index contributed by atoms with van der Waals surface area (Å²) in [6, 6.07) is 1.49. The number of ether oxygens (including phenoxy) is 1. The molecule has 2 aromatic rings. The average molecular weight is 414 g/mol. The summed E-state index contributed by atoms with van der Waals surface area (Å²) in [5, 5.41) is 3.97. The van der Waals surface area contributed by atoms with E-state index in [4.69, 9.17) is 9.26 Å². The molecule has 0 radical (unpaired) electrons. The summed E-state index contributed by atoms with van der Waals surface area (Å²) < 4.78 is 13.1. The molecule has 7 heteroatoms. The first kappa shape index (κ1) is 20.7. The standard InChI is InChI=1S/C23H31N3O4/c1-15-8-7-10-25(13-15)23(28)22-19-9-5-4-6-11-26(19)21(27)12-20(22)29-14-18-16(2)24-30-17(18)3/h12,15H,4-11,13-14H2,1-3H3. The number of aryl methyl sites for hydroxylation is 2. The van der Waals surface area contributed by atoms with Crippen molar-refractivity contribution in [3.8, 4) is 5.75 Å². The highest BCUT2D eigenvalue weighted by molar-refractivity contribution is 5.98. The maximum Gasteiger partial charge on any atom is 0.259 e. The second-order valence-electron chi connectivity index (χ2n) is 8.72. The first-order chi connectivity index (χ1) is 14.5. The lowest BCUT2D eigenvalue weighted by Gasteiger charge is -2.32. The number of fused-ring (bicyclic) bond motifs is 1. The summed E-state index contributed by atoms with van der Waals surface area (Å²) in [4.78, 5) is 28.5. The van der Waals surface area contributed by atoms with Gasteiger partial charge in [-0.2, -0.15) is 0 Å². The fourth-order valence-electron chi connectivity index (χ4n) is 4.65. The van der Waals surface area contributed by atoms with Crippen LogP contribution in [0, 0.1) is 19.8 Å². The number of nitrogens with zero attached hydrogens (tertiary/aromatic N) is 3. The minimum atomic E-state index is -0.0933. The molecule has 0 aliphatic carbocycles. The molecule has 1 fully saturated rings. The molecule has 2 aliphatic heterocycles. The Morgan fingerprint density at radius 1 is 1.23 bits per heavy atom. The van der Waals surface area contributed by atoms with Crippen molar-refractivity contribution >= 4 is 5.91 Å². The number of aromatic nitrogens is 2. The van der Waals surface area contributed by atoms with E-state index in [0.29, 0.717) is 29.5 Å². The van der Waals surface area contributed by atoms with Gasteiger partial charge in [0.2, 0.25) is 0 Å². The van der Waals surface area contributed by atoms with Gasteiger partial charge in [0.1, 0.15) is 23.7 Å². The molecule has 0 saturated carbocycles. The van der Waals surface area contributed by atoms with Crippen LogP contribution in [0.1, 0.15) is 72.1 Å². The first-order valence-electron chi connectivity index (χ1n) is 11.1. The van der Waals surface area contributed by atoms with Crippen LogP contribution in [0.25, 0.3) is 0 Å². The average Bonchev–Trinajstić information content (AvgIpc) is 2.91. The molecule has 0 bridgehead atoms. The highest BCUT2D eigenvalue weighted by Gasteiger charge is 2.29. The third-order valence-corrected chi connectivity index (χ3v) is 6.39. The molecule has 2 aromatic heterocycles. The van der Waals surface area contributed by atoms with Gasteiger partial charge in [0.25, 0.3) is 11.5 Å². The van der Waals surface area contributed by atoms with Crippen LogP contribution >= 0.6 is 0 Å². The summed E-state index contributed by atoms with van der Waals surface area (Å²) in [5.74, 6) is 1.55. The van der Waals surface area contributed by atoms with Gasteiger partial charge in [0.15, 0.2) is 0 Å². The minimum Gasteiger partial charge on any atom is -0.488 e. The van der Waals surface area contributed by atoms with E-state index in [-0.39, 0.29) is 18.1 Å². The lowest BCUT2D eigenvalue weighted by molar-refractivity contribution is 0.0675. The molecule has 1 saturated heterocycles. The van der Waals surface area contributed by atoms with Crippen molar-refractivity contribution < 1.29 is 14.1 Å². The van der Waals surface area contributed by atoms with Crippen LogP contribution in [0.2, 0.25) is 0 Å². The lowest BCUT2D eigenvalue weighted by atomic mass is 9.98. The minimum absolute atomic E-state index is 0.0130.